The molecule has 0 bridgehead atoms. The summed E-state index contributed by atoms with van der Waals surface area (Å²) in [6.07, 6.45) is 0. The first-order valence-electron chi connectivity index (χ1n) is 3.40. The minimum Gasteiger partial charge on any atom is -0.665 e. The van der Waals surface area contributed by atoms with Crippen molar-refractivity contribution in [3.8, 4) is 0 Å². The molecular formula is C9H9CuNO3. The van der Waals surface area contributed by atoms with Crippen LogP contribution in [0.15, 0.2) is 30.3 Å². The van der Waals surface area contributed by atoms with Gasteiger partial charge in [-0.2, -0.15) is 0 Å². The van der Waals surface area contributed by atoms with Gasteiger partial charge in [0.1, 0.15) is 0 Å². The number of nitrogens with one attached hydrogen (secondary N) is 1. The van der Waals surface area contributed by atoms with Gasteiger partial charge in [0.25, 0.3) is 0 Å². The van der Waals surface area contributed by atoms with Crippen LogP contribution in [0.25, 0.3) is 0 Å². The van der Waals surface area contributed by atoms with Crippen molar-refractivity contribution in [3.05, 3.63) is 42.9 Å². The van der Waals surface area contributed by atoms with E-state index in [-0.39, 0.29) is 23.0 Å². The minimum atomic E-state index is -0.152. The predicted molar refractivity (Wildman–Crippen MR) is 47.6 cm³/mol. The first-order valence-corrected chi connectivity index (χ1v) is 3.40. The third kappa shape index (κ3) is 6.22. The molecule has 1 aromatic carbocycles. The molecule has 79 valence electrons. The first-order chi connectivity index (χ1) is 6.26. The molecular weight excluding hydrogens is 234 g/mol. The van der Waals surface area contributed by atoms with Gasteiger partial charge < -0.3 is 15.2 Å². The number of carbonyl (C=O) groups excluding carboxylic acids is 1. The molecule has 0 atom stereocenters. The van der Waals surface area contributed by atoms with E-state index < -0.39 is 0 Å². The van der Waals surface area contributed by atoms with Crippen molar-refractivity contribution in [1.29, 1.82) is 0 Å². The fourth-order valence-corrected chi connectivity index (χ4v) is 0.692. The van der Waals surface area contributed by atoms with E-state index in [2.05, 4.69) is 12.4 Å². The van der Waals surface area contributed by atoms with Crippen molar-refractivity contribution < 1.29 is 31.8 Å². The number of aliphatic hydroxyl groups excluding tert-OH is 1. The molecule has 0 fully saturated rings. The maximum Gasteiger partial charge on any atom is 2.00 e. The number of benzene rings is 1. The molecule has 0 heterocycles. The first kappa shape index (κ1) is 15.2. The Hall–Kier alpha value is -1.32. The van der Waals surface area contributed by atoms with Crippen LogP contribution in [-0.2, 0) is 21.9 Å². The minimum absolute atomic E-state index is 0. The van der Waals surface area contributed by atoms with E-state index >= 15 is 0 Å². The summed E-state index contributed by atoms with van der Waals surface area (Å²) in [5, 5.41) is 9.06. The fraction of sp³-hybridized carbons (Fsp3) is 0. The van der Waals surface area contributed by atoms with Crippen LogP contribution in [0.2, 0.25) is 0 Å². The van der Waals surface area contributed by atoms with Crippen LogP contribution >= 0.6 is 0 Å². The summed E-state index contributed by atoms with van der Waals surface area (Å²) in [4.78, 5) is 19.1. The van der Waals surface area contributed by atoms with Crippen molar-refractivity contribution in [2.75, 3.05) is 0 Å². The SMILES string of the molecule is O=[C-]O.[CH2-]NC(=O)c1ccccc1.[Cu+2]. The van der Waals surface area contributed by atoms with E-state index in [1.807, 2.05) is 18.2 Å². The van der Waals surface area contributed by atoms with Gasteiger partial charge in [0.05, 0.1) is 0 Å². The van der Waals surface area contributed by atoms with Crippen LogP contribution in [0.3, 0.4) is 0 Å². The number of carbonyl (C=O) groups is 1. The Bertz CT molecular complexity index is 264. The monoisotopic (exact) mass is 242 g/mol. The van der Waals surface area contributed by atoms with E-state index in [1.165, 1.54) is 0 Å². The average molecular weight is 243 g/mol. The van der Waals surface area contributed by atoms with Crippen molar-refractivity contribution in [2.45, 2.75) is 0 Å². The van der Waals surface area contributed by atoms with Crippen LogP contribution in [0.5, 0.6) is 0 Å². The summed E-state index contributed by atoms with van der Waals surface area (Å²) in [7, 11) is 3.26. The molecule has 1 rings (SSSR count). The Labute approximate surface area is 92.8 Å². The van der Waals surface area contributed by atoms with Gasteiger partial charge in [-0.15, -0.1) is 0 Å². The number of hydrogen-bond donors (Lipinski definition) is 2. The summed E-state index contributed by atoms with van der Waals surface area (Å²) in [6.45, 7) is 0.500. The molecule has 0 spiro atoms. The molecule has 0 saturated carbocycles. The molecule has 0 saturated heterocycles. The molecule has 5 heteroatoms. The summed E-state index contributed by atoms with van der Waals surface area (Å²) in [5.41, 5.74) is 0.637. The van der Waals surface area contributed by atoms with Crippen LogP contribution in [0.1, 0.15) is 10.4 Å². The molecule has 0 unspecified atom stereocenters. The standard InChI is InChI=1S/C8H8NO.CHO2.Cu/c1-9-8(10)7-5-3-2-4-6-7;2-1-3;/h2-6H,1H2,(H,9,10);(H,2,3);/q2*-1;+2. The Balaban J connectivity index is 0. The molecule has 0 aromatic heterocycles. The molecule has 0 aliphatic rings. The van der Waals surface area contributed by atoms with Gasteiger partial charge in [-0.25, -0.2) is 0 Å². The quantitative estimate of drug-likeness (QED) is 0.566. The van der Waals surface area contributed by atoms with Crippen molar-refractivity contribution in [2.24, 2.45) is 0 Å². The van der Waals surface area contributed by atoms with E-state index in [9.17, 15) is 4.79 Å². The molecule has 1 aromatic rings. The van der Waals surface area contributed by atoms with Gasteiger partial charge in [-0.3, -0.25) is 11.8 Å². The summed E-state index contributed by atoms with van der Waals surface area (Å²) in [6, 6.07) is 8.95. The molecule has 14 heavy (non-hydrogen) atoms. The summed E-state index contributed by atoms with van der Waals surface area (Å²) >= 11 is 0. The van der Waals surface area contributed by atoms with Crippen molar-refractivity contribution in [1.82, 2.24) is 5.32 Å². The maximum atomic E-state index is 10.8. The molecule has 1 amide bonds. The predicted octanol–water partition coefficient (Wildman–Crippen LogP) is 0.817. The number of rotatable bonds is 1. The van der Waals surface area contributed by atoms with Crippen molar-refractivity contribution >= 4 is 12.4 Å². The van der Waals surface area contributed by atoms with Gasteiger partial charge in [-0.05, 0) is 12.1 Å². The second-order valence-electron chi connectivity index (χ2n) is 1.96. The smallest absolute Gasteiger partial charge is 0.665 e. The third-order valence-corrected chi connectivity index (χ3v) is 1.20. The summed E-state index contributed by atoms with van der Waals surface area (Å²) < 4.78 is 0. The zero-order valence-corrected chi connectivity index (χ0v) is 8.10. The van der Waals surface area contributed by atoms with Crippen LogP contribution in [-0.4, -0.2) is 17.5 Å². The van der Waals surface area contributed by atoms with E-state index in [0.29, 0.717) is 12.0 Å². The third-order valence-electron chi connectivity index (χ3n) is 1.20. The Morgan fingerprint density at radius 1 is 1.36 bits per heavy atom. The van der Waals surface area contributed by atoms with Gasteiger partial charge in [0, 0.05) is 5.56 Å². The molecule has 4 nitrogen and oxygen atoms in total. The Kier molecular flexibility index (Phi) is 10.6. The van der Waals surface area contributed by atoms with Crippen LogP contribution in [0, 0.1) is 7.05 Å². The van der Waals surface area contributed by atoms with Crippen molar-refractivity contribution in [3.63, 3.8) is 0 Å². The fourth-order valence-electron chi connectivity index (χ4n) is 0.692. The van der Waals surface area contributed by atoms with Gasteiger partial charge >= 0.3 is 17.1 Å². The maximum absolute atomic E-state index is 10.8. The topological polar surface area (TPSA) is 66.4 Å². The van der Waals surface area contributed by atoms with E-state index in [4.69, 9.17) is 9.90 Å². The van der Waals surface area contributed by atoms with E-state index in [0.717, 1.165) is 0 Å². The second-order valence-corrected chi connectivity index (χ2v) is 1.96. The molecule has 1 radical (unpaired) electrons. The number of amides is 1. The summed E-state index contributed by atoms with van der Waals surface area (Å²) in [5.74, 6) is -0.152. The van der Waals surface area contributed by atoms with Gasteiger partial charge in [0.15, 0.2) is 0 Å². The van der Waals surface area contributed by atoms with Crippen LogP contribution in [0.4, 0.5) is 0 Å². The molecule has 0 aliphatic carbocycles. The largest absolute Gasteiger partial charge is 2.00 e. The Morgan fingerprint density at radius 3 is 2.14 bits per heavy atom. The molecule has 2 N–H and O–H groups in total. The normalized spacial score (nSPS) is 7.21. The van der Waals surface area contributed by atoms with Crippen LogP contribution < -0.4 is 5.32 Å². The second kappa shape index (κ2) is 9.77. The Morgan fingerprint density at radius 2 is 1.79 bits per heavy atom. The zero-order chi connectivity index (χ0) is 10.1. The average Bonchev–Trinajstić information content (AvgIpc) is 2.19. The number of hydrogen-bond acceptors (Lipinski definition) is 2. The van der Waals surface area contributed by atoms with Gasteiger partial charge in [-0.1, -0.05) is 24.7 Å². The van der Waals surface area contributed by atoms with E-state index in [1.54, 1.807) is 12.1 Å². The van der Waals surface area contributed by atoms with Gasteiger partial charge in [0.2, 0.25) is 5.91 Å². The molecule has 0 aliphatic heterocycles. The zero-order valence-electron chi connectivity index (χ0n) is 7.16.